The Labute approximate surface area is 266 Å². The highest BCUT2D eigenvalue weighted by atomic mass is 16.3. The van der Waals surface area contributed by atoms with Crippen molar-refractivity contribution in [3.63, 3.8) is 0 Å². The molecule has 254 valence electrons. The predicted octanol–water partition coefficient (Wildman–Crippen LogP) is 2.82. The Kier molecular flexibility index (Phi) is 18.1. The van der Waals surface area contributed by atoms with Gasteiger partial charge in [0.2, 0.25) is 29.5 Å². The second-order valence-electron chi connectivity index (χ2n) is 13.1. The first-order valence-electron chi connectivity index (χ1n) is 16.0. The molecule has 44 heavy (non-hydrogen) atoms. The summed E-state index contributed by atoms with van der Waals surface area (Å²) in [4.78, 5) is 71.3. The Hall–Kier alpha value is -2.95. The molecule has 3 N–H and O–H groups in total. The lowest BCUT2D eigenvalue weighted by atomic mass is 9.91. The van der Waals surface area contributed by atoms with Gasteiger partial charge < -0.3 is 30.4 Å². The number of amides is 5. The van der Waals surface area contributed by atoms with Crippen LogP contribution in [0.25, 0.3) is 0 Å². The number of rotatable bonds is 18. The van der Waals surface area contributed by atoms with E-state index < -0.39 is 48.0 Å². The van der Waals surface area contributed by atoms with Crippen LogP contribution in [0.2, 0.25) is 0 Å². The van der Waals surface area contributed by atoms with Crippen molar-refractivity contribution >= 4 is 29.5 Å². The zero-order valence-corrected chi connectivity index (χ0v) is 29.5. The van der Waals surface area contributed by atoms with Crippen LogP contribution >= 0.6 is 0 Å². The lowest BCUT2D eigenvalue weighted by molar-refractivity contribution is -0.156. The third-order valence-electron chi connectivity index (χ3n) is 8.04. The standard InChI is InChI=1S/C33H61N5O6/c1-14-16-17-23(9)29(40)28(31(42)35-24(15-2)30(41)34-10)38(13)33(44)27(22(7)8)37(12)32(43)25(18-20(3)4)36(11)26(39)19-21(5)6/h14,16,20-25,27-29,40H,15,17-19H2,1-13H3,(H,34,41)(H,35,42)/b16-14+/t23-,24+,25+,27+,28+,29-/m1/s1. The first-order chi connectivity index (χ1) is 20.4. The van der Waals surface area contributed by atoms with Crippen LogP contribution in [0, 0.1) is 23.7 Å². The van der Waals surface area contributed by atoms with Crippen LogP contribution in [0.5, 0.6) is 0 Å². The zero-order chi connectivity index (χ0) is 34.5. The molecule has 0 aromatic carbocycles. The summed E-state index contributed by atoms with van der Waals surface area (Å²) in [7, 11) is 6.09. The van der Waals surface area contributed by atoms with E-state index in [1.165, 1.54) is 28.8 Å². The quantitative estimate of drug-likeness (QED) is 0.201. The van der Waals surface area contributed by atoms with E-state index >= 15 is 0 Å². The normalized spacial score (nSPS) is 15.8. The molecule has 0 saturated heterocycles. The molecule has 0 fully saturated rings. The minimum absolute atomic E-state index is 0.108. The van der Waals surface area contributed by atoms with E-state index in [9.17, 15) is 29.1 Å². The molecule has 0 aliphatic heterocycles. The van der Waals surface area contributed by atoms with E-state index in [1.54, 1.807) is 27.9 Å². The van der Waals surface area contributed by atoms with E-state index in [4.69, 9.17) is 0 Å². The number of nitrogens with zero attached hydrogens (tertiary/aromatic N) is 3. The largest absolute Gasteiger partial charge is 0.390 e. The van der Waals surface area contributed by atoms with Gasteiger partial charge in [0.05, 0.1) is 6.10 Å². The Morgan fingerprint density at radius 1 is 0.795 bits per heavy atom. The topological polar surface area (TPSA) is 139 Å². The first-order valence-corrected chi connectivity index (χ1v) is 16.0. The minimum Gasteiger partial charge on any atom is -0.390 e. The van der Waals surface area contributed by atoms with Gasteiger partial charge in [-0.3, -0.25) is 24.0 Å². The van der Waals surface area contributed by atoms with Gasteiger partial charge in [-0.25, -0.2) is 0 Å². The van der Waals surface area contributed by atoms with Gasteiger partial charge in [-0.2, -0.15) is 0 Å². The second kappa shape index (κ2) is 19.4. The fourth-order valence-corrected chi connectivity index (χ4v) is 5.30. The molecule has 0 aromatic heterocycles. The van der Waals surface area contributed by atoms with Crippen LogP contribution in [-0.4, -0.2) is 108 Å². The van der Waals surface area contributed by atoms with Crippen molar-refractivity contribution in [2.75, 3.05) is 28.2 Å². The lowest BCUT2D eigenvalue weighted by Crippen LogP contribution is -2.63. The van der Waals surface area contributed by atoms with Crippen molar-refractivity contribution in [3.8, 4) is 0 Å². The highest BCUT2D eigenvalue weighted by molar-refractivity contribution is 5.95. The molecule has 0 bridgehead atoms. The number of nitrogens with one attached hydrogen (secondary N) is 2. The molecule has 0 rings (SSSR count). The number of likely N-dealkylation sites (N-methyl/N-ethyl adjacent to an activating group) is 4. The molecular formula is C33H61N5O6. The molecule has 0 aliphatic carbocycles. The molecule has 0 aromatic rings. The van der Waals surface area contributed by atoms with Crippen molar-refractivity contribution < 1.29 is 29.1 Å². The van der Waals surface area contributed by atoms with Gasteiger partial charge in [0, 0.05) is 34.6 Å². The van der Waals surface area contributed by atoms with Gasteiger partial charge in [-0.1, -0.05) is 67.5 Å². The number of hydrogen-bond donors (Lipinski definition) is 3. The fourth-order valence-electron chi connectivity index (χ4n) is 5.30. The average Bonchev–Trinajstić information content (AvgIpc) is 2.95. The number of carbonyl (C=O) groups is 5. The maximum absolute atomic E-state index is 14.2. The van der Waals surface area contributed by atoms with Crippen molar-refractivity contribution in [1.82, 2.24) is 25.3 Å². The smallest absolute Gasteiger partial charge is 0.246 e. The molecule has 0 saturated carbocycles. The summed E-state index contributed by atoms with van der Waals surface area (Å²) in [5.74, 6) is -2.61. The van der Waals surface area contributed by atoms with E-state index in [2.05, 4.69) is 10.6 Å². The lowest BCUT2D eigenvalue weighted by Gasteiger charge is -2.40. The van der Waals surface area contributed by atoms with Crippen LogP contribution in [0.1, 0.15) is 88.0 Å². The highest BCUT2D eigenvalue weighted by Gasteiger charge is 2.43. The number of hydrogen-bond acceptors (Lipinski definition) is 6. The molecule has 0 unspecified atom stereocenters. The summed E-state index contributed by atoms with van der Waals surface area (Å²) in [6.07, 6.45) is 3.96. The third kappa shape index (κ3) is 11.9. The van der Waals surface area contributed by atoms with E-state index in [0.29, 0.717) is 25.7 Å². The molecule has 11 nitrogen and oxygen atoms in total. The summed E-state index contributed by atoms with van der Waals surface area (Å²) >= 11 is 0. The Morgan fingerprint density at radius 2 is 1.34 bits per heavy atom. The van der Waals surface area contributed by atoms with Gasteiger partial charge >= 0.3 is 0 Å². The van der Waals surface area contributed by atoms with Crippen LogP contribution in [0.4, 0.5) is 0 Å². The van der Waals surface area contributed by atoms with Crippen molar-refractivity contribution in [1.29, 1.82) is 0 Å². The van der Waals surface area contributed by atoms with Crippen molar-refractivity contribution in [2.45, 2.75) is 118 Å². The van der Waals surface area contributed by atoms with Gasteiger partial charge in [-0.05, 0) is 49.9 Å². The second-order valence-corrected chi connectivity index (χ2v) is 13.1. The fraction of sp³-hybridized carbons (Fsp3) is 0.788. The van der Waals surface area contributed by atoms with Crippen LogP contribution < -0.4 is 10.6 Å². The monoisotopic (exact) mass is 623 g/mol. The summed E-state index contributed by atoms with van der Waals surface area (Å²) in [5.41, 5.74) is 0. The maximum Gasteiger partial charge on any atom is 0.246 e. The highest BCUT2D eigenvalue weighted by Crippen LogP contribution is 2.23. The van der Waals surface area contributed by atoms with Gasteiger partial charge in [0.15, 0.2) is 0 Å². The Morgan fingerprint density at radius 3 is 1.77 bits per heavy atom. The number of carbonyl (C=O) groups excluding carboxylic acids is 5. The van der Waals surface area contributed by atoms with E-state index in [0.717, 1.165) is 0 Å². The van der Waals surface area contributed by atoms with Gasteiger partial charge in [0.1, 0.15) is 24.2 Å². The predicted molar refractivity (Wildman–Crippen MR) is 174 cm³/mol. The van der Waals surface area contributed by atoms with Crippen LogP contribution in [-0.2, 0) is 24.0 Å². The van der Waals surface area contributed by atoms with Gasteiger partial charge in [0.25, 0.3) is 0 Å². The van der Waals surface area contributed by atoms with E-state index in [-0.39, 0.29) is 35.5 Å². The van der Waals surface area contributed by atoms with Crippen molar-refractivity contribution in [3.05, 3.63) is 12.2 Å². The zero-order valence-electron chi connectivity index (χ0n) is 29.5. The van der Waals surface area contributed by atoms with Crippen LogP contribution in [0.3, 0.4) is 0 Å². The minimum atomic E-state index is -1.33. The molecule has 0 heterocycles. The molecular weight excluding hydrogens is 562 g/mol. The molecule has 0 radical (unpaired) electrons. The molecule has 6 atom stereocenters. The Bertz CT molecular complexity index is 982. The summed E-state index contributed by atoms with van der Waals surface area (Å²) in [5, 5.41) is 16.6. The van der Waals surface area contributed by atoms with E-state index in [1.807, 2.05) is 60.6 Å². The Balaban J connectivity index is 6.60. The molecule has 0 aliphatic rings. The maximum atomic E-state index is 14.2. The van der Waals surface area contributed by atoms with Gasteiger partial charge in [-0.15, -0.1) is 0 Å². The summed E-state index contributed by atoms with van der Waals surface area (Å²) < 4.78 is 0. The molecule has 11 heteroatoms. The van der Waals surface area contributed by atoms with Crippen LogP contribution in [0.15, 0.2) is 12.2 Å². The van der Waals surface area contributed by atoms with Crippen molar-refractivity contribution in [2.24, 2.45) is 23.7 Å². The average molecular weight is 624 g/mol. The molecule has 0 spiro atoms. The number of aliphatic hydroxyl groups is 1. The molecule has 5 amide bonds. The third-order valence-corrected chi connectivity index (χ3v) is 8.04. The first kappa shape index (κ1) is 41.0. The number of allylic oxidation sites excluding steroid dienone is 2. The summed E-state index contributed by atoms with van der Waals surface area (Å²) in [6, 6.07) is -3.93. The summed E-state index contributed by atoms with van der Waals surface area (Å²) in [6.45, 7) is 16.8. The SMILES string of the molecule is C/C=C/C[C@@H](C)[C@@H](O)[C@@H](C(=O)N[C@@H](CC)C(=O)NC)N(C)C(=O)[C@H](C(C)C)N(C)C(=O)[C@H](CC(C)C)N(C)C(=O)CC(C)C. The number of aliphatic hydroxyl groups excluding tert-OH is 1.